The third-order valence-electron chi connectivity index (χ3n) is 3.67. The molecule has 0 aliphatic heterocycles. The van der Waals surface area contributed by atoms with Gasteiger partial charge in [0.1, 0.15) is 12.1 Å². The molecule has 1 N–H and O–H groups in total. The molecule has 0 atom stereocenters. The lowest BCUT2D eigenvalue weighted by molar-refractivity contribution is 0.198. The van der Waals surface area contributed by atoms with Crippen LogP contribution in [0.4, 0.5) is 4.79 Å². The highest BCUT2D eigenvalue weighted by molar-refractivity contribution is 7.16. The van der Waals surface area contributed by atoms with Crippen molar-refractivity contribution in [2.75, 3.05) is 6.54 Å². The maximum absolute atomic E-state index is 12.4. The standard InChI is InChI=1S/C17H18ClN5OS/c1-2-22(11-14-4-5-15(18)25-14)17(24)21-10-13-3-6-16(20-9-13)23-8-7-19-12-23/h3-9,12H,2,10-11H2,1H3,(H,21,24). The number of urea groups is 1. The predicted octanol–water partition coefficient (Wildman–Crippen LogP) is 3.71. The minimum Gasteiger partial charge on any atom is -0.334 e. The van der Waals surface area contributed by atoms with E-state index in [9.17, 15) is 4.79 Å². The summed E-state index contributed by atoms with van der Waals surface area (Å²) >= 11 is 7.43. The summed E-state index contributed by atoms with van der Waals surface area (Å²) in [5, 5.41) is 2.93. The maximum atomic E-state index is 12.4. The molecule has 3 aromatic rings. The number of hydrogen-bond acceptors (Lipinski definition) is 4. The Hall–Kier alpha value is -2.38. The Morgan fingerprint density at radius 3 is 2.84 bits per heavy atom. The fraction of sp³-hybridized carbons (Fsp3) is 0.235. The van der Waals surface area contributed by atoms with Crippen LogP contribution in [0.3, 0.4) is 0 Å². The molecule has 0 fully saturated rings. The van der Waals surface area contributed by atoms with Gasteiger partial charge in [0.15, 0.2) is 0 Å². The van der Waals surface area contributed by atoms with Crippen LogP contribution in [0.5, 0.6) is 0 Å². The quantitative estimate of drug-likeness (QED) is 0.714. The second-order valence-electron chi connectivity index (χ2n) is 5.37. The third-order valence-corrected chi connectivity index (χ3v) is 4.88. The molecule has 0 saturated carbocycles. The molecule has 25 heavy (non-hydrogen) atoms. The molecular formula is C17H18ClN5OS. The van der Waals surface area contributed by atoms with Gasteiger partial charge in [0, 0.05) is 36.6 Å². The first-order valence-electron chi connectivity index (χ1n) is 7.86. The Morgan fingerprint density at radius 1 is 1.36 bits per heavy atom. The van der Waals surface area contributed by atoms with Gasteiger partial charge in [0.25, 0.3) is 0 Å². The summed E-state index contributed by atoms with van der Waals surface area (Å²) in [5.41, 5.74) is 0.937. The van der Waals surface area contributed by atoms with Gasteiger partial charge in [-0.3, -0.25) is 4.57 Å². The number of nitrogens with one attached hydrogen (secondary N) is 1. The second-order valence-corrected chi connectivity index (χ2v) is 7.17. The van der Waals surface area contributed by atoms with Crippen LogP contribution in [0.1, 0.15) is 17.4 Å². The van der Waals surface area contributed by atoms with E-state index in [1.54, 1.807) is 23.6 Å². The molecule has 2 amide bonds. The monoisotopic (exact) mass is 375 g/mol. The number of imidazole rings is 1. The lowest BCUT2D eigenvalue weighted by Crippen LogP contribution is -2.38. The molecular weight excluding hydrogens is 358 g/mol. The number of amides is 2. The summed E-state index contributed by atoms with van der Waals surface area (Å²) in [6.45, 7) is 3.56. The highest BCUT2D eigenvalue weighted by atomic mass is 35.5. The molecule has 8 heteroatoms. The van der Waals surface area contributed by atoms with Gasteiger partial charge in [-0.15, -0.1) is 11.3 Å². The lowest BCUT2D eigenvalue weighted by atomic mass is 10.3. The number of halogens is 1. The molecule has 3 heterocycles. The molecule has 0 spiro atoms. The summed E-state index contributed by atoms with van der Waals surface area (Å²) < 4.78 is 2.56. The Kier molecular flexibility index (Phi) is 5.67. The Morgan fingerprint density at radius 2 is 2.24 bits per heavy atom. The molecule has 0 aromatic carbocycles. The first kappa shape index (κ1) is 17.4. The summed E-state index contributed by atoms with van der Waals surface area (Å²) in [6, 6.07) is 7.53. The van der Waals surface area contributed by atoms with E-state index in [0.29, 0.717) is 19.6 Å². The largest absolute Gasteiger partial charge is 0.334 e. The van der Waals surface area contributed by atoms with Gasteiger partial charge in [0.2, 0.25) is 0 Å². The smallest absolute Gasteiger partial charge is 0.317 e. The van der Waals surface area contributed by atoms with Gasteiger partial charge in [-0.25, -0.2) is 14.8 Å². The van der Waals surface area contributed by atoms with E-state index in [2.05, 4.69) is 15.3 Å². The molecule has 0 saturated heterocycles. The zero-order valence-corrected chi connectivity index (χ0v) is 15.3. The first-order valence-corrected chi connectivity index (χ1v) is 9.05. The van der Waals surface area contributed by atoms with Crippen molar-refractivity contribution in [2.24, 2.45) is 0 Å². The highest BCUT2D eigenvalue weighted by Crippen LogP contribution is 2.22. The molecule has 3 aromatic heterocycles. The van der Waals surface area contributed by atoms with Crippen molar-refractivity contribution >= 4 is 29.0 Å². The van der Waals surface area contributed by atoms with Crippen LogP contribution in [0.25, 0.3) is 5.82 Å². The van der Waals surface area contributed by atoms with E-state index in [4.69, 9.17) is 11.6 Å². The average Bonchev–Trinajstić information content (AvgIpc) is 3.30. The zero-order chi connectivity index (χ0) is 17.6. The Bertz CT molecular complexity index is 816. The summed E-state index contributed by atoms with van der Waals surface area (Å²) in [6.07, 6.45) is 6.99. The number of nitrogens with zero attached hydrogens (tertiary/aromatic N) is 4. The van der Waals surface area contributed by atoms with Crippen molar-refractivity contribution < 1.29 is 4.79 Å². The molecule has 0 aliphatic carbocycles. The molecule has 130 valence electrons. The molecule has 0 bridgehead atoms. The predicted molar refractivity (Wildman–Crippen MR) is 99.0 cm³/mol. The van der Waals surface area contributed by atoms with E-state index in [-0.39, 0.29) is 6.03 Å². The topological polar surface area (TPSA) is 63.1 Å². The molecule has 0 unspecified atom stereocenters. The Labute approximate surface area is 155 Å². The fourth-order valence-electron chi connectivity index (χ4n) is 2.31. The number of aromatic nitrogens is 3. The van der Waals surface area contributed by atoms with Crippen LogP contribution in [0.2, 0.25) is 4.34 Å². The number of pyridine rings is 1. The van der Waals surface area contributed by atoms with Gasteiger partial charge >= 0.3 is 6.03 Å². The number of hydrogen-bond donors (Lipinski definition) is 1. The van der Waals surface area contributed by atoms with Crippen molar-refractivity contribution in [2.45, 2.75) is 20.0 Å². The van der Waals surface area contributed by atoms with E-state index in [0.717, 1.165) is 20.6 Å². The van der Waals surface area contributed by atoms with Gasteiger partial charge in [-0.05, 0) is 30.7 Å². The number of carbonyl (C=O) groups excluding carboxylic acids is 1. The summed E-state index contributed by atoms with van der Waals surface area (Å²) in [5.74, 6) is 0.789. The fourth-order valence-corrected chi connectivity index (χ4v) is 3.41. The van der Waals surface area contributed by atoms with Gasteiger partial charge < -0.3 is 10.2 Å². The van der Waals surface area contributed by atoms with Crippen LogP contribution in [-0.2, 0) is 13.1 Å². The van der Waals surface area contributed by atoms with Gasteiger partial charge in [-0.1, -0.05) is 17.7 Å². The summed E-state index contributed by atoms with van der Waals surface area (Å²) in [7, 11) is 0. The van der Waals surface area contributed by atoms with E-state index in [1.165, 1.54) is 11.3 Å². The molecule has 0 aliphatic rings. The third kappa shape index (κ3) is 4.58. The molecule has 3 rings (SSSR count). The van der Waals surface area contributed by atoms with E-state index < -0.39 is 0 Å². The lowest BCUT2D eigenvalue weighted by Gasteiger charge is -2.20. The van der Waals surface area contributed by atoms with Crippen molar-refractivity contribution in [3.63, 3.8) is 0 Å². The van der Waals surface area contributed by atoms with Crippen LogP contribution >= 0.6 is 22.9 Å². The van der Waals surface area contributed by atoms with Crippen molar-refractivity contribution in [1.29, 1.82) is 0 Å². The zero-order valence-electron chi connectivity index (χ0n) is 13.7. The highest BCUT2D eigenvalue weighted by Gasteiger charge is 2.13. The average molecular weight is 376 g/mol. The minimum atomic E-state index is -0.106. The van der Waals surface area contributed by atoms with Crippen molar-refractivity contribution in [3.8, 4) is 5.82 Å². The molecule has 0 radical (unpaired) electrons. The van der Waals surface area contributed by atoms with E-state index in [1.807, 2.05) is 42.0 Å². The van der Waals surface area contributed by atoms with Crippen LogP contribution in [0.15, 0.2) is 49.2 Å². The van der Waals surface area contributed by atoms with Crippen LogP contribution in [-0.4, -0.2) is 32.0 Å². The maximum Gasteiger partial charge on any atom is 0.317 e. The van der Waals surface area contributed by atoms with Gasteiger partial charge in [-0.2, -0.15) is 0 Å². The van der Waals surface area contributed by atoms with Gasteiger partial charge in [0.05, 0.1) is 10.9 Å². The van der Waals surface area contributed by atoms with Crippen LogP contribution in [0, 0.1) is 0 Å². The van der Waals surface area contributed by atoms with Crippen LogP contribution < -0.4 is 5.32 Å². The van der Waals surface area contributed by atoms with E-state index >= 15 is 0 Å². The first-order chi connectivity index (χ1) is 12.2. The normalized spacial score (nSPS) is 10.6. The number of thiophene rings is 1. The van der Waals surface area contributed by atoms with Crippen molar-refractivity contribution in [1.82, 2.24) is 24.8 Å². The summed E-state index contributed by atoms with van der Waals surface area (Å²) in [4.78, 5) is 23.6. The SMILES string of the molecule is CCN(Cc1ccc(Cl)s1)C(=O)NCc1ccc(-n2ccnc2)nc1. The van der Waals surface area contributed by atoms with Crippen molar-refractivity contribution in [3.05, 3.63) is 64.0 Å². The molecule has 6 nitrogen and oxygen atoms in total. The number of rotatable bonds is 6. The minimum absolute atomic E-state index is 0.106. The Balaban J connectivity index is 1.55. The second kappa shape index (κ2) is 8.13. The number of carbonyl (C=O) groups is 1.